The Kier molecular flexibility index (Phi) is 5.51. The number of nitrogens with zero attached hydrogens (tertiary/aromatic N) is 2. The predicted octanol–water partition coefficient (Wildman–Crippen LogP) is 2.73. The zero-order valence-electron chi connectivity index (χ0n) is 12.4. The summed E-state index contributed by atoms with van der Waals surface area (Å²) in [6.07, 6.45) is 2.04. The standard InChI is InChI=1S/C16H20N2O3/c1-3-20-15(19)9-10-18(2)11-14-12-21-16(17-14)13-7-5-4-6-8-13/h4-8,12H,3,9-11H2,1-2H3. The van der Waals surface area contributed by atoms with Crippen LogP contribution in [0.3, 0.4) is 0 Å². The minimum Gasteiger partial charge on any atom is -0.466 e. The van der Waals surface area contributed by atoms with Gasteiger partial charge in [-0.05, 0) is 26.1 Å². The Bertz CT molecular complexity index is 566. The van der Waals surface area contributed by atoms with E-state index in [-0.39, 0.29) is 5.97 Å². The second-order valence-corrected chi connectivity index (χ2v) is 4.80. The van der Waals surface area contributed by atoms with Crippen molar-refractivity contribution in [1.29, 1.82) is 0 Å². The van der Waals surface area contributed by atoms with Gasteiger partial charge in [0.05, 0.1) is 18.7 Å². The molecule has 5 nitrogen and oxygen atoms in total. The molecular formula is C16H20N2O3. The molecule has 112 valence electrons. The van der Waals surface area contributed by atoms with Gasteiger partial charge >= 0.3 is 5.97 Å². The molecule has 0 aliphatic heterocycles. The smallest absolute Gasteiger partial charge is 0.307 e. The number of esters is 1. The number of rotatable bonds is 7. The number of aromatic nitrogens is 1. The van der Waals surface area contributed by atoms with Gasteiger partial charge in [-0.3, -0.25) is 9.69 Å². The first kappa shape index (κ1) is 15.3. The van der Waals surface area contributed by atoms with Crippen molar-refractivity contribution < 1.29 is 13.9 Å². The second kappa shape index (κ2) is 7.59. The van der Waals surface area contributed by atoms with Crippen molar-refractivity contribution in [2.24, 2.45) is 0 Å². The largest absolute Gasteiger partial charge is 0.466 e. The van der Waals surface area contributed by atoms with E-state index in [9.17, 15) is 4.79 Å². The molecule has 2 aromatic rings. The number of oxazole rings is 1. The topological polar surface area (TPSA) is 55.6 Å². The van der Waals surface area contributed by atoms with Gasteiger partial charge < -0.3 is 9.15 Å². The average molecular weight is 288 g/mol. The number of hydrogen-bond donors (Lipinski definition) is 0. The van der Waals surface area contributed by atoms with Crippen LogP contribution in [0.4, 0.5) is 0 Å². The molecule has 1 heterocycles. The molecule has 0 unspecified atom stereocenters. The van der Waals surface area contributed by atoms with Crippen LogP contribution in [0.5, 0.6) is 0 Å². The third-order valence-corrected chi connectivity index (χ3v) is 3.01. The Balaban J connectivity index is 1.86. The molecule has 0 atom stereocenters. The lowest BCUT2D eigenvalue weighted by Gasteiger charge is -2.13. The quantitative estimate of drug-likeness (QED) is 0.733. The van der Waals surface area contributed by atoms with Crippen LogP contribution in [0.2, 0.25) is 0 Å². The SMILES string of the molecule is CCOC(=O)CCN(C)Cc1coc(-c2ccccc2)n1. The fraction of sp³-hybridized carbons (Fsp3) is 0.375. The molecule has 0 saturated heterocycles. The van der Waals surface area contributed by atoms with Crippen molar-refractivity contribution in [3.8, 4) is 11.5 Å². The maximum absolute atomic E-state index is 11.3. The zero-order valence-corrected chi connectivity index (χ0v) is 12.4. The zero-order chi connectivity index (χ0) is 15.1. The lowest BCUT2D eigenvalue weighted by molar-refractivity contribution is -0.143. The number of benzene rings is 1. The normalized spacial score (nSPS) is 10.8. The highest BCUT2D eigenvalue weighted by Gasteiger charge is 2.10. The van der Waals surface area contributed by atoms with Crippen molar-refractivity contribution in [2.45, 2.75) is 19.9 Å². The summed E-state index contributed by atoms with van der Waals surface area (Å²) in [5.74, 6) is 0.443. The van der Waals surface area contributed by atoms with E-state index >= 15 is 0 Å². The van der Waals surface area contributed by atoms with Gasteiger partial charge in [-0.25, -0.2) is 4.98 Å². The van der Waals surface area contributed by atoms with Crippen LogP contribution in [0.25, 0.3) is 11.5 Å². The maximum Gasteiger partial charge on any atom is 0.307 e. The first-order chi connectivity index (χ1) is 10.2. The first-order valence-corrected chi connectivity index (χ1v) is 7.03. The van der Waals surface area contributed by atoms with Crippen LogP contribution >= 0.6 is 0 Å². The van der Waals surface area contributed by atoms with E-state index in [1.54, 1.807) is 6.26 Å². The van der Waals surface area contributed by atoms with E-state index in [1.807, 2.05) is 49.2 Å². The highest BCUT2D eigenvalue weighted by molar-refractivity contribution is 5.69. The third kappa shape index (κ3) is 4.72. The molecule has 0 aliphatic carbocycles. The van der Waals surface area contributed by atoms with Crippen LogP contribution in [-0.2, 0) is 16.1 Å². The molecule has 0 fully saturated rings. The number of carbonyl (C=O) groups excluding carboxylic acids is 1. The predicted molar refractivity (Wildman–Crippen MR) is 79.5 cm³/mol. The highest BCUT2D eigenvalue weighted by atomic mass is 16.5. The summed E-state index contributed by atoms with van der Waals surface area (Å²) in [4.78, 5) is 17.8. The van der Waals surface area contributed by atoms with Crippen LogP contribution in [0, 0.1) is 0 Å². The molecule has 0 spiro atoms. The van der Waals surface area contributed by atoms with E-state index < -0.39 is 0 Å². The Morgan fingerprint density at radius 3 is 2.81 bits per heavy atom. The summed E-state index contributed by atoms with van der Waals surface area (Å²) in [6.45, 7) is 3.50. The molecule has 1 aromatic carbocycles. The van der Waals surface area contributed by atoms with Crippen LogP contribution in [-0.4, -0.2) is 36.1 Å². The molecule has 2 rings (SSSR count). The van der Waals surface area contributed by atoms with Crippen molar-refractivity contribution >= 4 is 5.97 Å². The summed E-state index contributed by atoms with van der Waals surface area (Å²) in [5.41, 5.74) is 1.80. The van der Waals surface area contributed by atoms with Gasteiger partial charge in [0.15, 0.2) is 0 Å². The van der Waals surface area contributed by atoms with Gasteiger partial charge in [0.1, 0.15) is 6.26 Å². The van der Waals surface area contributed by atoms with E-state index in [4.69, 9.17) is 9.15 Å². The summed E-state index contributed by atoms with van der Waals surface area (Å²) < 4.78 is 10.4. The number of hydrogen-bond acceptors (Lipinski definition) is 5. The molecular weight excluding hydrogens is 268 g/mol. The summed E-state index contributed by atoms with van der Waals surface area (Å²) in [5, 5.41) is 0. The monoisotopic (exact) mass is 288 g/mol. The van der Waals surface area contributed by atoms with E-state index in [1.165, 1.54) is 0 Å². The average Bonchev–Trinajstić information content (AvgIpc) is 2.95. The van der Waals surface area contributed by atoms with Gasteiger partial charge in [0.2, 0.25) is 5.89 Å². The molecule has 0 amide bonds. The summed E-state index contributed by atoms with van der Waals surface area (Å²) >= 11 is 0. The molecule has 0 saturated carbocycles. The second-order valence-electron chi connectivity index (χ2n) is 4.80. The van der Waals surface area contributed by atoms with Gasteiger partial charge in [-0.2, -0.15) is 0 Å². The van der Waals surface area contributed by atoms with E-state index in [0.717, 1.165) is 11.3 Å². The Hall–Kier alpha value is -2.14. The molecule has 0 bridgehead atoms. The van der Waals surface area contributed by atoms with E-state index in [2.05, 4.69) is 4.98 Å². The Morgan fingerprint density at radius 2 is 2.10 bits per heavy atom. The lowest BCUT2D eigenvalue weighted by atomic mass is 10.2. The third-order valence-electron chi connectivity index (χ3n) is 3.01. The Labute approximate surface area is 124 Å². The fourth-order valence-corrected chi connectivity index (χ4v) is 1.96. The van der Waals surface area contributed by atoms with Crippen molar-refractivity contribution in [2.75, 3.05) is 20.2 Å². The summed E-state index contributed by atoms with van der Waals surface area (Å²) in [7, 11) is 1.94. The first-order valence-electron chi connectivity index (χ1n) is 7.03. The fourth-order valence-electron chi connectivity index (χ4n) is 1.96. The van der Waals surface area contributed by atoms with Crippen molar-refractivity contribution in [3.63, 3.8) is 0 Å². The van der Waals surface area contributed by atoms with Crippen molar-refractivity contribution in [3.05, 3.63) is 42.3 Å². The Morgan fingerprint density at radius 1 is 1.33 bits per heavy atom. The van der Waals surface area contributed by atoms with Gasteiger partial charge in [0.25, 0.3) is 0 Å². The molecule has 5 heteroatoms. The number of carbonyl (C=O) groups is 1. The van der Waals surface area contributed by atoms with Gasteiger partial charge in [-0.1, -0.05) is 18.2 Å². The molecule has 0 radical (unpaired) electrons. The molecule has 0 aliphatic rings. The minimum absolute atomic E-state index is 0.172. The summed E-state index contributed by atoms with van der Waals surface area (Å²) in [6, 6.07) is 9.77. The molecule has 1 aromatic heterocycles. The molecule has 21 heavy (non-hydrogen) atoms. The lowest BCUT2D eigenvalue weighted by Crippen LogP contribution is -2.22. The van der Waals surface area contributed by atoms with Crippen molar-refractivity contribution in [1.82, 2.24) is 9.88 Å². The maximum atomic E-state index is 11.3. The van der Waals surface area contributed by atoms with Gasteiger partial charge in [-0.15, -0.1) is 0 Å². The van der Waals surface area contributed by atoms with Crippen LogP contribution in [0.15, 0.2) is 41.0 Å². The molecule has 0 N–H and O–H groups in total. The van der Waals surface area contributed by atoms with Gasteiger partial charge in [0, 0.05) is 18.7 Å². The minimum atomic E-state index is -0.172. The van der Waals surface area contributed by atoms with Crippen LogP contribution in [0.1, 0.15) is 19.0 Å². The number of ether oxygens (including phenoxy) is 1. The van der Waals surface area contributed by atoms with E-state index in [0.29, 0.717) is 32.0 Å². The highest BCUT2D eigenvalue weighted by Crippen LogP contribution is 2.18. The van der Waals surface area contributed by atoms with Crippen LogP contribution < -0.4 is 0 Å².